The number of hydrogen-bond acceptors (Lipinski definition) is 3. The number of alkyl halides is 2. The Morgan fingerprint density at radius 3 is 2.51 bits per heavy atom. The molecule has 0 aliphatic carbocycles. The van der Waals surface area contributed by atoms with Crippen LogP contribution in [0.4, 0.5) is 20.2 Å². The molecule has 0 bridgehead atoms. The molecular formula is C26H21BrClF2N3O2. The van der Waals surface area contributed by atoms with Gasteiger partial charge in [-0.2, -0.15) is 10.1 Å². The van der Waals surface area contributed by atoms with Crippen molar-refractivity contribution >= 4 is 56.4 Å². The fraction of sp³-hybridized carbons (Fsp3) is 0.192. The molecule has 0 saturated heterocycles. The number of amides is 2. The zero-order valence-electron chi connectivity index (χ0n) is 18.9. The van der Waals surface area contributed by atoms with Gasteiger partial charge in [0.05, 0.1) is 11.4 Å². The summed E-state index contributed by atoms with van der Waals surface area (Å²) in [5.41, 5.74) is 2.74. The van der Waals surface area contributed by atoms with Crippen molar-refractivity contribution in [3.8, 4) is 0 Å². The van der Waals surface area contributed by atoms with E-state index in [1.54, 1.807) is 13.0 Å². The lowest BCUT2D eigenvalue weighted by molar-refractivity contribution is -0.127. The Bertz CT molecular complexity index is 1320. The van der Waals surface area contributed by atoms with Crippen molar-refractivity contribution in [1.29, 1.82) is 0 Å². The van der Waals surface area contributed by atoms with Crippen LogP contribution in [-0.2, 0) is 21.9 Å². The van der Waals surface area contributed by atoms with Crippen molar-refractivity contribution in [1.82, 2.24) is 0 Å². The van der Waals surface area contributed by atoms with E-state index in [0.29, 0.717) is 22.8 Å². The number of hydrogen-bond donors (Lipinski definition) is 1. The van der Waals surface area contributed by atoms with Gasteiger partial charge in [0.25, 0.3) is 11.8 Å². The number of anilines is 2. The molecule has 180 valence electrons. The molecule has 5 nitrogen and oxygen atoms in total. The summed E-state index contributed by atoms with van der Waals surface area (Å²) in [6, 6.07) is 18.4. The predicted molar refractivity (Wildman–Crippen MR) is 137 cm³/mol. The summed E-state index contributed by atoms with van der Waals surface area (Å²) in [4.78, 5) is 26.1. The Balaban J connectivity index is 1.53. The molecule has 0 aromatic heterocycles. The van der Waals surface area contributed by atoms with Gasteiger partial charge in [0.1, 0.15) is 0 Å². The van der Waals surface area contributed by atoms with Gasteiger partial charge in [-0.05, 0) is 66.9 Å². The SMILES string of the molecule is CC1=NN(c2cc(Br)cc(Cc3ccc(Cl)cc3)c2)C(=O)C1C(=O)Nc1cccc(C(C)(F)F)c1. The predicted octanol–water partition coefficient (Wildman–Crippen LogP) is 6.78. The Morgan fingerprint density at radius 1 is 1.11 bits per heavy atom. The van der Waals surface area contributed by atoms with E-state index >= 15 is 0 Å². The highest BCUT2D eigenvalue weighted by molar-refractivity contribution is 9.10. The summed E-state index contributed by atoms with van der Waals surface area (Å²) >= 11 is 9.45. The maximum absolute atomic E-state index is 13.7. The van der Waals surface area contributed by atoms with Crippen molar-refractivity contribution < 1.29 is 18.4 Å². The van der Waals surface area contributed by atoms with E-state index < -0.39 is 23.7 Å². The van der Waals surface area contributed by atoms with Gasteiger partial charge >= 0.3 is 0 Å². The second kappa shape index (κ2) is 9.87. The van der Waals surface area contributed by atoms with E-state index in [1.165, 1.54) is 29.3 Å². The molecule has 1 unspecified atom stereocenters. The van der Waals surface area contributed by atoms with Crippen molar-refractivity contribution in [2.45, 2.75) is 26.2 Å². The lowest BCUT2D eigenvalue weighted by atomic mass is 10.0. The van der Waals surface area contributed by atoms with E-state index in [-0.39, 0.29) is 11.3 Å². The van der Waals surface area contributed by atoms with Crippen LogP contribution in [0, 0.1) is 5.92 Å². The number of carbonyl (C=O) groups excluding carboxylic acids is 2. The van der Waals surface area contributed by atoms with E-state index in [1.807, 2.05) is 36.4 Å². The maximum Gasteiger partial charge on any atom is 0.270 e. The Labute approximate surface area is 214 Å². The van der Waals surface area contributed by atoms with Crippen LogP contribution < -0.4 is 10.3 Å². The highest BCUT2D eigenvalue weighted by atomic mass is 79.9. The minimum atomic E-state index is -3.05. The van der Waals surface area contributed by atoms with Crippen molar-refractivity contribution in [3.63, 3.8) is 0 Å². The van der Waals surface area contributed by atoms with Crippen LogP contribution in [0.1, 0.15) is 30.5 Å². The first-order valence-corrected chi connectivity index (χ1v) is 11.9. The average Bonchev–Trinajstić information content (AvgIpc) is 3.08. The van der Waals surface area contributed by atoms with Crippen LogP contribution in [-0.4, -0.2) is 17.5 Å². The van der Waals surface area contributed by atoms with Gasteiger partial charge in [-0.15, -0.1) is 0 Å². The second-order valence-electron chi connectivity index (χ2n) is 8.40. The number of benzene rings is 3. The quantitative estimate of drug-likeness (QED) is 0.338. The topological polar surface area (TPSA) is 61.8 Å². The summed E-state index contributed by atoms with van der Waals surface area (Å²) in [5.74, 6) is -5.37. The number of rotatable bonds is 6. The van der Waals surface area contributed by atoms with Gasteiger partial charge < -0.3 is 5.32 Å². The molecule has 4 rings (SSSR count). The van der Waals surface area contributed by atoms with E-state index in [0.717, 1.165) is 22.5 Å². The van der Waals surface area contributed by atoms with Gasteiger partial charge in [0.2, 0.25) is 5.91 Å². The molecule has 1 aliphatic heterocycles. The monoisotopic (exact) mass is 559 g/mol. The number of hydrazone groups is 1. The molecule has 0 saturated carbocycles. The van der Waals surface area contributed by atoms with Gasteiger partial charge in [0, 0.05) is 27.7 Å². The molecule has 2 amide bonds. The summed E-state index contributed by atoms with van der Waals surface area (Å²) in [6.07, 6.45) is 0.608. The third-order valence-electron chi connectivity index (χ3n) is 5.54. The summed E-state index contributed by atoms with van der Waals surface area (Å²) in [6.45, 7) is 2.37. The van der Waals surface area contributed by atoms with E-state index in [2.05, 4.69) is 26.3 Å². The molecule has 3 aromatic carbocycles. The maximum atomic E-state index is 13.7. The third kappa shape index (κ3) is 5.77. The lowest BCUT2D eigenvalue weighted by Crippen LogP contribution is -2.36. The highest BCUT2D eigenvalue weighted by Crippen LogP contribution is 2.31. The van der Waals surface area contributed by atoms with Gasteiger partial charge in [-0.25, -0.2) is 8.78 Å². The third-order valence-corrected chi connectivity index (χ3v) is 6.25. The number of halogens is 4. The normalized spacial score (nSPS) is 15.8. The molecule has 3 aromatic rings. The largest absolute Gasteiger partial charge is 0.325 e. The van der Waals surface area contributed by atoms with Gasteiger partial charge in [-0.3, -0.25) is 9.59 Å². The molecule has 1 N–H and O–H groups in total. The van der Waals surface area contributed by atoms with Crippen LogP contribution in [0.15, 0.2) is 76.3 Å². The fourth-order valence-corrected chi connectivity index (χ4v) is 4.49. The van der Waals surface area contributed by atoms with Crippen LogP contribution in [0.5, 0.6) is 0 Å². The Morgan fingerprint density at radius 2 is 1.83 bits per heavy atom. The molecule has 1 heterocycles. The van der Waals surface area contributed by atoms with E-state index in [4.69, 9.17) is 11.6 Å². The summed E-state index contributed by atoms with van der Waals surface area (Å²) < 4.78 is 28.1. The molecular weight excluding hydrogens is 540 g/mol. The second-order valence-corrected chi connectivity index (χ2v) is 9.76. The first kappa shape index (κ1) is 25.0. The zero-order chi connectivity index (χ0) is 25.3. The minimum Gasteiger partial charge on any atom is -0.325 e. The minimum absolute atomic E-state index is 0.181. The fourth-order valence-electron chi connectivity index (χ4n) is 3.83. The molecule has 1 aliphatic rings. The highest BCUT2D eigenvalue weighted by Gasteiger charge is 2.40. The first-order chi connectivity index (χ1) is 16.5. The van der Waals surface area contributed by atoms with E-state index in [9.17, 15) is 18.4 Å². The molecule has 0 spiro atoms. The molecule has 0 radical (unpaired) electrons. The molecule has 0 fully saturated rings. The average molecular weight is 561 g/mol. The molecule has 9 heteroatoms. The van der Waals surface area contributed by atoms with Crippen LogP contribution >= 0.6 is 27.5 Å². The van der Waals surface area contributed by atoms with Crippen molar-refractivity contribution in [2.24, 2.45) is 11.0 Å². The van der Waals surface area contributed by atoms with Crippen molar-refractivity contribution in [2.75, 3.05) is 10.3 Å². The zero-order valence-corrected chi connectivity index (χ0v) is 21.2. The summed E-state index contributed by atoms with van der Waals surface area (Å²) in [5, 5.41) is 8.74. The van der Waals surface area contributed by atoms with Crippen molar-refractivity contribution in [3.05, 3.63) is 92.9 Å². The van der Waals surface area contributed by atoms with Crippen LogP contribution in [0.25, 0.3) is 0 Å². The smallest absolute Gasteiger partial charge is 0.270 e. The van der Waals surface area contributed by atoms with Crippen LogP contribution in [0.3, 0.4) is 0 Å². The number of nitrogens with one attached hydrogen (secondary N) is 1. The van der Waals surface area contributed by atoms with Gasteiger partial charge in [0.15, 0.2) is 5.92 Å². The number of nitrogens with zero attached hydrogens (tertiary/aromatic N) is 2. The van der Waals surface area contributed by atoms with Crippen LogP contribution in [0.2, 0.25) is 5.02 Å². The first-order valence-electron chi connectivity index (χ1n) is 10.7. The lowest BCUT2D eigenvalue weighted by Gasteiger charge is -2.17. The molecule has 1 atom stereocenters. The molecule has 35 heavy (non-hydrogen) atoms. The Hall–Kier alpha value is -3.10. The van der Waals surface area contributed by atoms with Gasteiger partial charge in [-0.1, -0.05) is 51.8 Å². The number of carbonyl (C=O) groups is 2. The Kier molecular flexibility index (Phi) is 7.05. The summed E-state index contributed by atoms with van der Waals surface area (Å²) in [7, 11) is 0. The standard InChI is InChI=1S/C26H21BrClF2N3O2/c1-15-23(24(34)31-21-5-3-4-18(13-21)26(2,29)30)25(35)33(32-15)22-12-17(11-19(27)14-22)10-16-6-8-20(28)9-7-16/h3-9,11-14,23H,10H2,1-2H3,(H,31,34).